The zero-order valence-electron chi connectivity index (χ0n) is 14.0. The maximum absolute atomic E-state index is 12.5. The van der Waals surface area contributed by atoms with Gasteiger partial charge in [0.1, 0.15) is 0 Å². The molecule has 0 spiro atoms. The number of halogens is 3. The Kier molecular flexibility index (Phi) is 6.45. The molecule has 0 aliphatic carbocycles. The summed E-state index contributed by atoms with van der Waals surface area (Å²) < 4.78 is 37.5. The monoisotopic (exact) mass is 350 g/mol. The lowest BCUT2D eigenvalue weighted by Crippen LogP contribution is -2.50. The maximum Gasteiger partial charge on any atom is 0.471 e. The van der Waals surface area contributed by atoms with E-state index in [0.717, 1.165) is 37.6 Å². The molecule has 0 saturated carbocycles. The zero-order valence-corrected chi connectivity index (χ0v) is 14.0. The number of likely N-dealkylation sites (N-methyl/N-ethyl adjacent to an activating group) is 1. The van der Waals surface area contributed by atoms with E-state index in [1.165, 1.54) is 0 Å². The van der Waals surface area contributed by atoms with Gasteiger partial charge in [-0.05, 0) is 13.0 Å². The van der Waals surface area contributed by atoms with Crippen LogP contribution in [0.15, 0.2) is 0 Å². The fourth-order valence-corrected chi connectivity index (χ4v) is 3.10. The number of hydrogen-bond donors (Lipinski definition) is 0. The number of carbonyl (C=O) groups excluding carboxylic acids is 2. The predicted molar refractivity (Wildman–Crippen MR) is 82.4 cm³/mol. The molecule has 0 aromatic heterocycles. The van der Waals surface area contributed by atoms with Gasteiger partial charge in [-0.3, -0.25) is 14.5 Å². The van der Waals surface area contributed by atoms with Crippen molar-refractivity contribution in [3.8, 4) is 0 Å². The summed E-state index contributed by atoms with van der Waals surface area (Å²) in [4.78, 5) is 30.5. The van der Waals surface area contributed by atoms with Gasteiger partial charge < -0.3 is 14.7 Å². The number of hydrogen-bond acceptors (Lipinski definition) is 4. The van der Waals surface area contributed by atoms with Crippen molar-refractivity contribution in [2.45, 2.75) is 19.5 Å². The lowest BCUT2D eigenvalue weighted by atomic mass is 10.3. The van der Waals surface area contributed by atoms with E-state index in [1.807, 2.05) is 0 Å². The highest BCUT2D eigenvalue weighted by atomic mass is 19.4. The molecular weight excluding hydrogens is 325 g/mol. The Morgan fingerprint density at radius 3 is 1.96 bits per heavy atom. The summed E-state index contributed by atoms with van der Waals surface area (Å²) in [6.45, 7) is 7.44. The van der Waals surface area contributed by atoms with Crippen molar-refractivity contribution in [3.63, 3.8) is 0 Å². The first-order valence-corrected chi connectivity index (χ1v) is 8.40. The van der Waals surface area contributed by atoms with Crippen LogP contribution in [0.25, 0.3) is 0 Å². The number of amides is 2. The third-order valence-electron chi connectivity index (χ3n) is 4.65. The number of rotatable bonds is 3. The van der Waals surface area contributed by atoms with Gasteiger partial charge in [-0.1, -0.05) is 6.92 Å². The van der Waals surface area contributed by atoms with Crippen LogP contribution >= 0.6 is 0 Å². The Morgan fingerprint density at radius 1 is 0.833 bits per heavy atom. The quantitative estimate of drug-likeness (QED) is 0.732. The second kappa shape index (κ2) is 8.15. The number of alkyl halides is 3. The van der Waals surface area contributed by atoms with Crippen molar-refractivity contribution in [1.29, 1.82) is 0 Å². The number of piperazine rings is 1. The van der Waals surface area contributed by atoms with E-state index in [-0.39, 0.29) is 25.5 Å². The molecule has 2 amide bonds. The molecule has 2 saturated heterocycles. The van der Waals surface area contributed by atoms with E-state index in [9.17, 15) is 22.8 Å². The summed E-state index contributed by atoms with van der Waals surface area (Å²) in [5.41, 5.74) is 0. The minimum absolute atomic E-state index is 0.0390. The van der Waals surface area contributed by atoms with Crippen LogP contribution in [0.2, 0.25) is 0 Å². The van der Waals surface area contributed by atoms with E-state index >= 15 is 0 Å². The summed E-state index contributed by atoms with van der Waals surface area (Å²) in [5.74, 6) is -1.88. The third-order valence-corrected chi connectivity index (χ3v) is 4.65. The van der Waals surface area contributed by atoms with Gasteiger partial charge in [0.05, 0.1) is 6.54 Å². The van der Waals surface area contributed by atoms with E-state index in [1.54, 1.807) is 4.90 Å². The Labute approximate surface area is 140 Å². The normalized spacial score (nSPS) is 21.7. The van der Waals surface area contributed by atoms with Crippen LogP contribution in [0, 0.1) is 0 Å². The van der Waals surface area contributed by atoms with Crippen molar-refractivity contribution >= 4 is 11.8 Å². The van der Waals surface area contributed by atoms with Gasteiger partial charge in [-0.2, -0.15) is 13.2 Å². The van der Waals surface area contributed by atoms with Crippen LogP contribution in [0.3, 0.4) is 0 Å². The fourth-order valence-electron chi connectivity index (χ4n) is 3.10. The van der Waals surface area contributed by atoms with Crippen LogP contribution in [-0.2, 0) is 9.59 Å². The molecule has 9 heteroatoms. The highest BCUT2D eigenvalue weighted by molar-refractivity contribution is 5.82. The topological polar surface area (TPSA) is 47.1 Å². The van der Waals surface area contributed by atoms with Crippen LogP contribution in [-0.4, -0.2) is 103 Å². The van der Waals surface area contributed by atoms with Crippen molar-refractivity contribution in [2.75, 3.05) is 65.4 Å². The van der Waals surface area contributed by atoms with E-state index in [0.29, 0.717) is 19.5 Å². The second-order valence-electron chi connectivity index (χ2n) is 6.23. The lowest BCUT2D eigenvalue weighted by Gasteiger charge is -2.34. The van der Waals surface area contributed by atoms with Crippen molar-refractivity contribution in [3.05, 3.63) is 0 Å². The molecule has 2 heterocycles. The smallest absolute Gasteiger partial charge is 0.340 e. The summed E-state index contributed by atoms with van der Waals surface area (Å²) in [6.07, 6.45) is -4.48. The highest BCUT2D eigenvalue weighted by Crippen LogP contribution is 2.19. The standard InChI is InChI=1S/C15H25F3N4O2/c1-2-19-6-8-20(9-7-19)12-13(23)21-4-3-5-22(11-10-21)14(24)15(16,17)18/h2-12H2,1H3. The molecule has 0 bridgehead atoms. The molecule has 2 fully saturated rings. The average Bonchev–Trinajstić information content (AvgIpc) is 2.80. The second-order valence-corrected chi connectivity index (χ2v) is 6.23. The number of nitrogens with zero attached hydrogens (tertiary/aromatic N) is 4. The van der Waals surface area contributed by atoms with Crippen molar-refractivity contribution in [1.82, 2.24) is 19.6 Å². The summed E-state index contributed by atoms with van der Waals surface area (Å²) in [6, 6.07) is 0. The Balaban J connectivity index is 1.81. The van der Waals surface area contributed by atoms with Gasteiger partial charge in [-0.15, -0.1) is 0 Å². The average molecular weight is 350 g/mol. The van der Waals surface area contributed by atoms with Crippen molar-refractivity contribution < 1.29 is 22.8 Å². The number of carbonyl (C=O) groups is 2. The highest BCUT2D eigenvalue weighted by Gasteiger charge is 2.42. The third kappa shape index (κ3) is 5.07. The largest absolute Gasteiger partial charge is 0.471 e. The van der Waals surface area contributed by atoms with Crippen LogP contribution in [0.4, 0.5) is 13.2 Å². The molecule has 2 aliphatic heterocycles. The molecular formula is C15H25F3N4O2. The first kappa shape index (κ1) is 19.0. The molecule has 0 atom stereocenters. The van der Waals surface area contributed by atoms with Gasteiger partial charge >= 0.3 is 12.1 Å². The summed E-state index contributed by atoms with van der Waals surface area (Å²) in [7, 11) is 0. The molecule has 2 rings (SSSR count). The van der Waals surface area contributed by atoms with E-state index in [4.69, 9.17) is 0 Å². The van der Waals surface area contributed by atoms with Crippen LogP contribution < -0.4 is 0 Å². The Bertz CT molecular complexity index is 450. The van der Waals surface area contributed by atoms with E-state index in [2.05, 4.69) is 16.7 Å². The van der Waals surface area contributed by atoms with Crippen molar-refractivity contribution in [2.24, 2.45) is 0 Å². The molecule has 6 nitrogen and oxygen atoms in total. The van der Waals surface area contributed by atoms with Gasteiger partial charge in [0, 0.05) is 52.4 Å². The minimum atomic E-state index is -4.85. The molecule has 0 N–H and O–H groups in total. The summed E-state index contributed by atoms with van der Waals surface area (Å²) >= 11 is 0. The predicted octanol–water partition coefficient (Wildman–Crippen LogP) is 0.247. The van der Waals surface area contributed by atoms with Crippen LogP contribution in [0.1, 0.15) is 13.3 Å². The van der Waals surface area contributed by atoms with E-state index < -0.39 is 12.1 Å². The van der Waals surface area contributed by atoms with Crippen LogP contribution in [0.5, 0.6) is 0 Å². The Morgan fingerprint density at radius 2 is 1.38 bits per heavy atom. The summed E-state index contributed by atoms with van der Waals surface area (Å²) in [5, 5.41) is 0. The maximum atomic E-state index is 12.5. The van der Waals surface area contributed by atoms with Gasteiger partial charge in [0.25, 0.3) is 0 Å². The van der Waals surface area contributed by atoms with Gasteiger partial charge in [0.15, 0.2) is 0 Å². The SMILES string of the molecule is CCN1CCN(CC(=O)N2CCCN(C(=O)C(F)(F)F)CC2)CC1. The molecule has 138 valence electrons. The molecule has 0 aromatic carbocycles. The Hall–Kier alpha value is -1.35. The minimum Gasteiger partial charge on any atom is -0.340 e. The first-order valence-electron chi connectivity index (χ1n) is 8.40. The molecule has 0 unspecified atom stereocenters. The molecule has 24 heavy (non-hydrogen) atoms. The molecule has 2 aliphatic rings. The molecule has 0 aromatic rings. The first-order chi connectivity index (χ1) is 11.3. The fraction of sp³-hybridized carbons (Fsp3) is 0.867. The molecule has 0 radical (unpaired) electrons. The van der Waals surface area contributed by atoms with Gasteiger partial charge in [0.2, 0.25) is 5.91 Å². The zero-order chi connectivity index (χ0) is 17.7. The van der Waals surface area contributed by atoms with Gasteiger partial charge in [-0.25, -0.2) is 0 Å². The lowest BCUT2D eigenvalue weighted by molar-refractivity contribution is -0.185.